The van der Waals surface area contributed by atoms with E-state index >= 15 is 0 Å². The summed E-state index contributed by atoms with van der Waals surface area (Å²) in [4.78, 5) is 11.8. The van der Waals surface area contributed by atoms with E-state index in [1.54, 1.807) is 31.2 Å². The Labute approximate surface area is 137 Å². The van der Waals surface area contributed by atoms with Crippen molar-refractivity contribution in [2.75, 3.05) is 5.32 Å². The molecule has 0 saturated heterocycles. The lowest BCUT2D eigenvalue weighted by Crippen LogP contribution is -2.16. The van der Waals surface area contributed by atoms with Gasteiger partial charge in [0.1, 0.15) is 6.61 Å². The van der Waals surface area contributed by atoms with Crippen LogP contribution in [0.2, 0.25) is 0 Å². The second kappa shape index (κ2) is 7.35. The van der Waals surface area contributed by atoms with Crippen molar-refractivity contribution < 1.29 is 22.7 Å². The van der Waals surface area contributed by atoms with E-state index in [9.17, 15) is 18.0 Å². The monoisotopic (exact) mass is 338 g/mol. The molecule has 2 aromatic rings. The lowest BCUT2D eigenvalue weighted by molar-refractivity contribution is -0.137. The lowest BCUT2D eigenvalue weighted by Gasteiger charge is -2.15. The van der Waals surface area contributed by atoms with Crippen LogP contribution in [0.15, 0.2) is 48.5 Å². The molecule has 24 heavy (non-hydrogen) atoms. The molecule has 1 atom stereocenters. The summed E-state index contributed by atoms with van der Waals surface area (Å²) < 4.78 is 43.8. The van der Waals surface area contributed by atoms with Crippen molar-refractivity contribution in [2.45, 2.75) is 25.7 Å². The fraction of sp³-hybridized carbons (Fsp3) is 0.235. The molecule has 0 fully saturated rings. The van der Waals surface area contributed by atoms with Crippen LogP contribution in [0.25, 0.3) is 0 Å². The first kappa shape index (κ1) is 17.8. The Hall–Kier alpha value is -2.54. The molecule has 1 amide bonds. The molecule has 2 rings (SSSR count). The third-order valence-electron chi connectivity index (χ3n) is 3.27. The summed E-state index contributed by atoms with van der Waals surface area (Å²) in [5, 5.41) is 2.30. The van der Waals surface area contributed by atoms with Gasteiger partial charge in [0.15, 0.2) is 0 Å². The molecule has 4 nitrogen and oxygen atoms in total. The molecule has 3 N–H and O–H groups in total. The van der Waals surface area contributed by atoms with E-state index in [2.05, 4.69) is 5.32 Å². The summed E-state index contributed by atoms with van der Waals surface area (Å²) in [6, 6.07) is 11.5. The number of halogens is 3. The van der Waals surface area contributed by atoms with E-state index in [1.165, 1.54) is 6.07 Å². The highest BCUT2D eigenvalue weighted by Crippen LogP contribution is 2.33. The van der Waals surface area contributed by atoms with E-state index in [1.807, 2.05) is 6.07 Å². The zero-order valence-electron chi connectivity index (χ0n) is 12.9. The molecule has 0 aliphatic carbocycles. The third kappa shape index (κ3) is 4.99. The van der Waals surface area contributed by atoms with Gasteiger partial charge >= 0.3 is 12.3 Å². The molecule has 0 radical (unpaired) electrons. The number of nitrogens with one attached hydrogen (secondary N) is 1. The van der Waals surface area contributed by atoms with Gasteiger partial charge in [-0.3, -0.25) is 5.32 Å². The van der Waals surface area contributed by atoms with E-state index in [-0.39, 0.29) is 17.9 Å². The largest absolute Gasteiger partial charge is 0.444 e. The van der Waals surface area contributed by atoms with Gasteiger partial charge in [0.2, 0.25) is 0 Å². The van der Waals surface area contributed by atoms with Gasteiger partial charge in [0, 0.05) is 11.7 Å². The maximum Gasteiger partial charge on any atom is 0.416 e. The van der Waals surface area contributed by atoms with Gasteiger partial charge in [0.25, 0.3) is 0 Å². The highest BCUT2D eigenvalue weighted by atomic mass is 19.4. The number of nitrogens with two attached hydrogens (primary N) is 1. The van der Waals surface area contributed by atoms with Gasteiger partial charge < -0.3 is 10.5 Å². The minimum atomic E-state index is -4.53. The number of anilines is 1. The summed E-state index contributed by atoms with van der Waals surface area (Å²) in [5.74, 6) is 0. The minimum absolute atomic E-state index is 0.0183. The van der Waals surface area contributed by atoms with Crippen molar-refractivity contribution in [1.29, 1.82) is 0 Å². The second-order valence-corrected chi connectivity index (χ2v) is 5.32. The van der Waals surface area contributed by atoms with Crippen LogP contribution in [0, 0.1) is 0 Å². The highest BCUT2D eigenvalue weighted by molar-refractivity contribution is 5.84. The fourth-order valence-electron chi connectivity index (χ4n) is 2.03. The van der Waals surface area contributed by atoms with Crippen molar-refractivity contribution in [3.63, 3.8) is 0 Å². The van der Waals surface area contributed by atoms with E-state index in [4.69, 9.17) is 10.5 Å². The average molecular weight is 338 g/mol. The highest BCUT2D eigenvalue weighted by Gasteiger charge is 2.31. The SMILES string of the molecule is CC(N)c1cc(NC(=O)OCc2ccccc2)cc(C(F)(F)F)c1. The molecule has 0 bridgehead atoms. The number of amides is 1. The molecular weight excluding hydrogens is 321 g/mol. The molecule has 1 unspecified atom stereocenters. The number of hydrogen-bond donors (Lipinski definition) is 2. The number of alkyl halides is 3. The zero-order chi connectivity index (χ0) is 17.7. The molecule has 0 heterocycles. The molecule has 0 aliphatic rings. The zero-order valence-corrected chi connectivity index (χ0v) is 12.9. The van der Waals surface area contributed by atoms with E-state index in [0.717, 1.165) is 17.7 Å². The average Bonchev–Trinajstić information content (AvgIpc) is 2.53. The maximum atomic E-state index is 12.9. The third-order valence-corrected chi connectivity index (χ3v) is 3.27. The van der Waals surface area contributed by atoms with Gasteiger partial charge in [-0.25, -0.2) is 4.79 Å². The predicted octanol–water partition coefficient (Wildman–Crippen LogP) is 4.47. The van der Waals surface area contributed by atoms with Crippen molar-refractivity contribution in [3.8, 4) is 0 Å². The Kier molecular flexibility index (Phi) is 5.46. The van der Waals surface area contributed by atoms with E-state index in [0.29, 0.717) is 0 Å². The molecule has 128 valence electrons. The summed E-state index contributed by atoms with van der Waals surface area (Å²) >= 11 is 0. The van der Waals surface area contributed by atoms with Gasteiger partial charge in [-0.1, -0.05) is 30.3 Å². The Bertz CT molecular complexity index is 701. The van der Waals surface area contributed by atoms with Crippen molar-refractivity contribution >= 4 is 11.8 Å². The summed E-state index contributed by atoms with van der Waals surface area (Å²) in [6.07, 6.45) is -5.37. The van der Waals surface area contributed by atoms with Crippen LogP contribution in [0.4, 0.5) is 23.7 Å². The maximum absolute atomic E-state index is 12.9. The van der Waals surface area contributed by atoms with Crippen LogP contribution >= 0.6 is 0 Å². The van der Waals surface area contributed by atoms with Crippen molar-refractivity contribution in [1.82, 2.24) is 0 Å². The van der Waals surface area contributed by atoms with Gasteiger partial charge in [-0.2, -0.15) is 13.2 Å². The second-order valence-electron chi connectivity index (χ2n) is 5.32. The Morgan fingerprint density at radius 2 is 1.88 bits per heavy atom. The van der Waals surface area contributed by atoms with Crippen LogP contribution < -0.4 is 11.1 Å². The number of benzene rings is 2. The summed E-state index contributed by atoms with van der Waals surface area (Å²) in [5.41, 5.74) is 5.79. The molecule has 2 aromatic carbocycles. The number of carbonyl (C=O) groups is 1. The molecule has 0 aliphatic heterocycles. The molecule has 0 spiro atoms. The molecule has 7 heteroatoms. The fourth-order valence-corrected chi connectivity index (χ4v) is 2.03. The van der Waals surface area contributed by atoms with E-state index < -0.39 is 23.9 Å². The standard InChI is InChI=1S/C17H17F3N2O2/c1-11(21)13-7-14(17(18,19)20)9-15(8-13)22-16(23)24-10-12-5-3-2-4-6-12/h2-9,11H,10,21H2,1H3,(H,22,23). The smallest absolute Gasteiger partial charge is 0.416 e. The van der Waals surface area contributed by atoms with Crippen molar-refractivity contribution in [2.24, 2.45) is 5.73 Å². The number of rotatable bonds is 4. The quantitative estimate of drug-likeness (QED) is 0.864. The van der Waals surface area contributed by atoms with Crippen LogP contribution in [0.1, 0.15) is 29.7 Å². The molecular formula is C17H17F3N2O2. The first-order chi connectivity index (χ1) is 11.3. The van der Waals surface area contributed by atoms with Gasteiger partial charge in [-0.05, 0) is 36.2 Å². The van der Waals surface area contributed by atoms with Gasteiger partial charge in [0.05, 0.1) is 5.56 Å². The number of hydrogen-bond acceptors (Lipinski definition) is 3. The van der Waals surface area contributed by atoms with Crippen LogP contribution in [0.5, 0.6) is 0 Å². The normalized spacial score (nSPS) is 12.5. The molecule has 0 aromatic heterocycles. The lowest BCUT2D eigenvalue weighted by atomic mass is 10.0. The molecule has 0 saturated carbocycles. The summed E-state index contributed by atoms with van der Waals surface area (Å²) in [6.45, 7) is 1.58. The topological polar surface area (TPSA) is 64.3 Å². The minimum Gasteiger partial charge on any atom is -0.444 e. The van der Waals surface area contributed by atoms with Crippen molar-refractivity contribution in [3.05, 3.63) is 65.2 Å². The van der Waals surface area contributed by atoms with Crippen LogP contribution in [0.3, 0.4) is 0 Å². The van der Waals surface area contributed by atoms with Gasteiger partial charge in [-0.15, -0.1) is 0 Å². The number of carbonyl (C=O) groups excluding carboxylic acids is 1. The van der Waals surface area contributed by atoms with Crippen LogP contribution in [-0.4, -0.2) is 6.09 Å². The first-order valence-corrected chi connectivity index (χ1v) is 7.21. The van der Waals surface area contributed by atoms with Crippen LogP contribution in [-0.2, 0) is 17.5 Å². The first-order valence-electron chi connectivity index (χ1n) is 7.21. The predicted molar refractivity (Wildman–Crippen MR) is 84.3 cm³/mol. The summed E-state index contributed by atoms with van der Waals surface area (Å²) in [7, 11) is 0. The number of ether oxygens (including phenoxy) is 1. The Balaban J connectivity index is 2.10. The Morgan fingerprint density at radius 3 is 2.46 bits per heavy atom. The Morgan fingerprint density at radius 1 is 1.21 bits per heavy atom.